The third kappa shape index (κ3) is 2.75. The van der Waals surface area contributed by atoms with E-state index in [0.29, 0.717) is 0 Å². The molecule has 1 aliphatic carbocycles. The minimum Gasteiger partial charge on any atom is -0.467 e. The van der Waals surface area contributed by atoms with Crippen molar-refractivity contribution < 1.29 is 19.4 Å². The average molecular weight is 256 g/mol. The molecule has 0 aromatic rings. The third-order valence-electron chi connectivity index (χ3n) is 3.70. The first-order valence-corrected chi connectivity index (χ1v) is 6.45. The second-order valence-corrected chi connectivity index (χ2v) is 5.01. The predicted octanol–water partition coefficient (Wildman–Crippen LogP) is 0.247. The molecule has 2 aliphatic rings. The Labute approximate surface area is 106 Å². The van der Waals surface area contributed by atoms with Gasteiger partial charge in [-0.1, -0.05) is 12.8 Å². The third-order valence-corrected chi connectivity index (χ3v) is 3.70. The van der Waals surface area contributed by atoms with E-state index in [1.54, 1.807) is 0 Å². The van der Waals surface area contributed by atoms with E-state index in [9.17, 15) is 14.7 Å². The number of urea groups is 1. The molecule has 6 heteroatoms. The van der Waals surface area contributed by atoms with Crippen LogP contribution >= 0.6 is 0 Å². The Hall–Kier alpha value is -1.30. The van der Waals surface area contributed by atoms with E-state index in [0.717, 1.165) is 25.7 Å². The Balaban J connectivity index is 1.96. The predicted molar refractivity (Wildman–Crippen MR) is 63.9 cm³/mol. The molecule has 2 fully saturated rings. The highest BCUT2D eigenvalue weighted by molar-refractivity contribution is 5.84. The molecule has 0 bridgehead atoms. The van der Waals surface area contributed by atoms with Crippen molar-refractivity contribution in [1.29, 1.82) is 0 Å². The Bertz CT molecular complexity index is 328. The van der Waals surface area contributed by atoms with Crippen molar-refractivity contribution in [3.8, 4) is 0 Å². The Morgan fingerprint density at radius 1 is 1.33 bits per heavy atom. The van der Waals surface area contributed by atoms with E-state index in [1.807, 2.05) is 0 Å². The molecule has 0 radical (unpaired) electrons. The number of ether oxygens (including phenoxy) is 1. The second kappa shape index (κ2) is 5.56. The van der Waals surface area contributed by atoms with Crippen LogP contribution < -0.4 is 5.32 Å². The number of hydrogen-bond donors (Lipinski definition) is 2. The number of nitrogens with one attached hydrogen (secondary N) is 1. The van der Waals surface area contributed by atoms with Gasteiger partial charge in [-0.15, -0.1) is 0 Å². The lowest BCUT2D eigenvalue weighted by molar-refractivity contribution is -0.145. The van der Waals surface area contributed by atoms with Gasteiger partial charge in [-0.05, 0) is 12.8 Å². The number of carbonyl (C=O) groups is 2. The van der Waals surface area contributed by atoms with Crippen LogP contribution in [0.5, 0.6) is 0 Å². The van der Waals surface area contributed by atoms with Crippen molar-refractivity contribution in [2.75, 3.05) is 13.7 Å². The molecule has 0 spiro atoms. The molecule has 18 heavy (non-hydrogen) atoms. The summed E-state index contributed by atoms with van der Waals surface area (Å²) >= 11 is 0. The number of aliphatic hydroxyl groups is 1. The maximum Gasteiger partial charge on any atom is 0.328 e. The van der Waals surface area contributed by atoms with Gasteiger partial charge in [-0.3, -0.25) is 0 Å². The Morgan fingerprint density at radius 3 is 2.61 bits per heavy atom. The lowest BCUT2D eigenvalue weighted by atomic mass is 10.2. The number of carbonyl (C=O) groups excluding carboxylic acids is 2. The summed E-state index contributed by atoms with van der Waals surface area (Å²) < 4.78 is 4.66. The van der Waals surface area contributed by atoms with Gasteiger partial charge < -0.3 is 20.1 Å². The molecule has 6 nitrogen and oxygen atoms in total. The fourth-order valence-corrected chi connectivity index (χ4v) is 2.73. The monoisotopic (exact) mass is 256 g/mol. The number of likely N-dealkylation sites (tertiary alicyclic amines) is 1. The molecule has 2 rings (SSSR count). The zero-order valence-electron chi connectivity index (χ0n) is 10.6. The van der Waals surface area contributed by atoms with Gasteiger partial charge in [0.15, 0.2) is 0 Å². The Morgan fingerprint density at radius 2 is 2.00 bits per heavy atom. The van der Waals surface area contributed by atoms with Gasteiger partial charge in [0.1, 0.15) is 6.04 Å². The van der Waals surface area contributed by atoms with Crippen LogP contribution in [0.1, 0.15) is 32.1 Å². The molecule has 102 valence electrons. The number of β-amino-alcohol motifs (C(OH)–C–C–N with tert-alkyl or cyclic N) is 1. The SMILES string of the molecule is COC(=O)C1CC(O)CN1C(=O)NC1CCCC1. The highest BCUT2D eigenvalue weighted by atomic mass is 16.5. The van der Waals surface area contributed by atoms with Crippen molar-refractivity contribution in [3.63, 3.8) is 0 Å². The lowest BCUT2D eigenvalue weighted by Gasteiger charge is -2.24. The van der Waals surface area contributed by atoms with Crippen LogP contribution in [-0.4, -0.2) is 53.8 Å². The summed E-state index contributed by atoms with van der Waals surface area (Å²) in [6.07, 6.45) is 3.85. The first kappa shape index (κ1) is 13.1. The number of nitrogens with zero attached hydrogens (tertiary/aromatic N) is 1. The van der Waals surface area contributed by atoms with Gasteiger partial charge in [0.25, 0.3) is 0 Å². The molecule has 2 unspecified atom stereocenters. The number of hydrogen-bond acceptors (Lipinski definition) is 4. The lowest BCUT2D eigenvalue weighted by Crippen LogP contribution is -2.49. The maximum atomic E-state index is 12.1. The first-order valence-electron chi connectivity index (χ1n) is 6.45. The van der Waals surface area contributed by atoms with Crippen molar-refractivity contribution in [3.05, 3.63) is 0 Å². The summed E-state index contributed by atoms with van der Waals surface area (Å²) in [7, 11) is 1.29. The molecule has 0 aromatic carbocycles. The summed E-state index contributed by atoms with van der Waals surface area (Å²) in [6, 6.07) is -0.728. The number of rotatable bonds is 2. The highest BCUT2D eigenvalue weighted by Gasteiger charge is 2.40. The topological polar surface area (TPSA) is 78.9 Å². The number of esters is 1. The minimum atomic E-state index is -0.661. The van der Waals surface area contributed by atoms with Crippen LogP contribution in [0.4, 0.5) is 4.79 Å². The molecule has 1 heterocycles. The molecule has 0 aromatic heterocycles. The van der Waals surface area contributed by atoms with Crippen LogP contribution in [0, 0.1) is 0 Å². The van der Waals surface area contributed by atoms with Crippen molar-refractivity contribution in [1.82, 2.24) is 10.2 Å². The number of amides is 2. The molecular formula is C12H20N2O4. The van der Waals surface area contributed by atoms with Crippen molar-refractivity contribution in [2.24, 2.45) is 0 Å². The van der Waals surface area contributed by atoms with E-state index in [2.05, 4.69) is 10.1 Å². The van der Waals surface area contributed by atoms with Crippen LogP contribution in [0.2, 0.25) is 0 Å². The van der Waals surface area contributed by atoms with E-state index < -0.39 is 18.1 Å². The molecule has 2 amide bonds. The second-order valence-electron chi connectivity index (χ2n) is 5.01. The van der Waals surface area contributed by atoms with Crippen LogP contribution in [0.3, 0.4) is 0 Å². The van der Waals surface area contributed by atoms with E-state index in [4.69, 9.17) is 0 Å². The van der Waals surface area contributed by atoms with E-state index in [1.165, 1.54) is 12.0 Å². The number of methoxy groups -OCH3 is 1. The van der Waals surface area contributed by atoms with Gasteiger partial charge in [-0.25, -0.2) is 9.59 Å². The smallest absolute Gasteiger partial charge is 0.328 e. The first-order chi connectivity index (χ1) is 8.61. The largest absolute Gasteiger partial charge is 0.467 e. The summed E-state index contributed by atoms with van der Waals surface area (Å²) in [6.45, 7) is 0.193. The fraction of sp³-hybridized carbons (Fsp3) is 0.833. The van der Waals surface area contributed by atoms with E-state index >= 15 is 0 Å². The summed E-state index contributed by atoms with van der Waals surface area (Å²) in [5.74, 6) is -0.465. The zero-order valence-corrected chi connectivity index (χ0v) is 10.6. The van der Waals surface area contributed by atoms with Gasteiger partial charge in [0.05, 0.1) is 13.2 Å². The highest BCUT2D eigenvalue weighted by Crippen LogP contribution is 2.21. The van der Waals surface area contributed by atoms with Gasteiger partial charge in [0.2, 0.25) is 0 Å². The molecular weight excluding hydrogens is 236 g/mol. The van der Waals surface area contributed by atoms with Crippen LogP contribution in [-0.2, 0) is 9.53 Å². The normalized spacial score (nSPS) is 28.4. The fourth-order valence-electron chi connectivity index (χ4n) is 2.73. The quantitative estimate of drug-likeness (QED) is 0.694. The standard InChI is InChI=1S/C12H20N2O4/c1-18-11(16)10-6-9(15)7-14(10)12(17)13-8-4-2-3-5-8/h8-10,15H,2-7H2,1H3,(H,13,17). The van der Waals surface area contributed by atoms with E-state index in [-0.39, 0.29) is 25.0 Å². The molecule has 2 N–H and O–H groups in total. The average Bonchev–Trinajstić information content (AvgIpc) is 2.97. The zero-order chi connectivity index (χ0) is 13.1. The minimum absolute atomic E-state index is 0.193. The van der Waals surface area contributed by atoms with Crippen molar-refractivity contribution >= 4 is 12.0 Å². The molecule has 1 aliphatic heterocycles. The maximum absolute atomic E-state index is 12.1. The van der Waals surface area contributed by atoms with Crippen molar-refractivity contribution in [2.45, 2.75) is 50.3 Å². The summed E-state index contributed by atoms with van der Waals surface area (Å²) in [5, 5.41) is 12.5. The molecule has 1 saturated heterocycles. The van der Waals surface area contributed by atoms with Gasteiger partial charge in [0, 0.05) is 19.0 Å². The summed E-state index contributed by atoms with van der Waals surface area (Å²) in [4.78, 5) is 25.0. The molecule has 2 atom stereocenters. The number of aliphatic hydroxyl groups excluding tert-OH is 1. The molecule has 1 saturated carbocycles. The summed E-state index contributed by atoms with van der Waals surface area (Å²) in [5.41, 5.74) is 0. The van der Waals surface area contributed by atoms with Crippen LogP contribution in [0.25, 0.3) is 0 Å². The van der Waals surface area contributed by atoms with Gasteiger partial charge in [-0.2, -0.15) is 0 Å². The van der Waals surface area contributed by atoms with Crippen LogP contribution in [0.15, 0.2) is 0 Å². The van der Waals surface area contributed by atoms with Gasteiger partial charge >= 0.3 is 12.0 Å². The Kier molecular flexibility index (Phi) is 4.06.